The number of carbonyl (C=O) groups is 4. The van der Waals surface area contributed by atoms with Crippen molar-refractivity contribution in [2.75, 3.05) is 6.61 Å². The van der Waals surface area contributed by atoms with Gasteiger partial charge in [0.1, 0.15) is 18.1 Å². The molecule has 0 aliphatic carbocycles. The summed E-state index contributed by atoms with van der Waals surface area (Å²) in [4.78, 5) is 50.2. The maximum absolute atomic E-state index is 13.6. The predicted molar refractivity (Wildman–Crippen MR) is 143 cm³/mol. The van der Waals surface area contributed by atoms with Gasteiger partial charge in [-0.25, -0.2) is 4.79 Å². The first-order valence-corrected chi connectivity index (χ1v) is 13.4. The van der Waals surface area contributed by atoms with E-state index in [2.05, 4.69) is 0 Å². The standard InChI is InChI=1S/C29H34O9S/c1-15-8-10-22(11-9-15)39-29-27(38-28(33)24-17(3)12-16(2)13-18(24)4)26(36-21(7)32)25(35-20(6)31)23(37-29)14-34-19(5)30/h8-13,23,25-27,29H,14H2,1-7H3/t23-,25+,26+,27-,29+/m1/s1. The van der Waals surface area contributed by atoms with E-state index in [0.717, 1.165) is 27.1 Å². The Bertz CT molecular complexity index is 1200. The summed E-state index contributed by atoms with van der Waals surface area (Å²) in [5.41, 5.74) is 2.98. The maximum Gasteiger partial charge on any atom is 0.339 e. The van der Waals surface area contributed by atoms with Crippen molar-refractivity contribution in [2.24, 2.45) is 0 Å². The van der Waals surface area contributed by atoms with Gasteiger partial charge in [0, 0.05) is 25.7 Å². The number of rotatable bonds is 8. The summed E-state index contributed by atoms with van der Waals surface area (Å²) in [7, 11) is 0. The van der Waals surface area contributed by atoms with Crippen molar-refractivity contribution in [3.05, 3.63) is 64.2 Å². The molecule has 1 heterocycles. The third-order valence-corrected chi connectivity index (χ3v) is 7.20. The van der Waals surface area contributed by atoms with Gasteiger partial charge in [-0.1, -0.05) is 47.2 Å². The van der Waals surface area contributed by atoms with E-state index in [4.69, 9.17) is 23.7 Å². The second-order valence-electron chi connectivity index (χ2n) is 9.57. The summed E-state index contributed by atoms with van der Waals surface area (Å²) in [6, 6.07) is 11.4. The van der Waals surface area contributed by atoms with E-state index in [1.165, 1.54) is 32.5 Å². The predicted octanol–water partition coefficient (Wildman–Crippen LogP) is 4.39. The van der Waals surface area contributed by atoms with Crippen LogP contribution in [0.1, 0.15) is 53.4 Å². The Kier molecular flexibility index (Phi) is 10.2. The SMILES string of the molecule is CC(=O)OC[C@H]1O[C@@H](Sc2ccc(C)cc2)[C@H](OC(=O)c2c(C)cc(C)cc2C)[C@@H](OC(C)=O)[C@H]1OC(C)=O. The number of ether oxygens (including phenoxy) is 5. The van der Waals surface area contributed by atoms with Gasteiger partial charge in [-0.2, -0.15) is 0 Å². The first-order chi connectivity index (χ1) is 18.3. The molecule has 0 aromatic heterocycles. The summed E-state index contributed by atoms with van der Waals surface area (Å²) in [6.07, 6.45) is -4.62. The Morgan fingerprint density at radius 3 is 1.85 bits per heavy atom. The zero-order chi connectivity index (χ0) is 28.9. The Hall–Kier alpha value is -3.37. The van der Waals surface area contributed by atoms with Gasteiger partial charge in [0.05, 0.1) is 5.56 Å². The summed E-state index contributed by atoms with van der Waals surface area (Å²) in [5.74, 6) is -2.54. The third-order valence-electron chi connectivity index (χ3n) is 6.04. The Labute approximate surface area is 232 Å². The van der Waals surface area contributed by atoms with E-state index in [9.17, 15) is 19.2 Å². The fraction of sp³-hybridized carbons (Fsp3) is 0.448. The smallest absolute Gasteiger partial charge is 0.339 e. The molecule has 0 spiro atoms. The van der Waals surface area contributed by atoms with Crippen LogP contribution >= 0.6 is 11.8 Å². The zero-order valence-corrected chi connectivity index (χ0v) is 24.0. The molecule has 2 aromatic rings. The minimum atomic E-state index is -1.24. The lowest BCUT2D eigenvalue weighted by Gasteiger charge is -2.44. The number of benzene rings is 2. The van der Waals surface area contributed by atoms with E-state index in [-0.39, 0.29) is 6.61 Å². The quantitative estimate of drug-likeness (QED) is 0.341. The molecule has 1 saturated heterocycles. The van der Waals surface area contributed by atoms with Gasteiger partial charge >= 0.3 is 23.9 Å². The van der Waals surface area contributed by atoms with Gasteiger partial charge in [0.15, 0.2) is 18.3 Å². The van der Waals surface area contributed by atoms with Crippen LogP contribution in [0.25, 0.3) is 0 Å². The van der Waals surface area contributed by atoms with Crippen molar-refractivity contribution in [2.45, 2.75) is 83.2 Å². The minimum Gasteiger partial charge on any atom is -0.463 e. The van der Waals surface area contributed by atoms with E-state index in [0.29, 0.717) is 5.56 Å². The van der Waals surface area contributed by atoms with Gasteiger partial charge in [-0.05, 0) is 51.0 Å². The molecule has 0 radical (unpaired) electrons. The molecule has 210 valence electrons. The van der Waals surface area contributed by atoms with Crippen molar-refractivity contribution < 1.29 is 42.9 Å². The highest BCUT2D eigenvalue weighted by molar-refractivity contribution is 7.99. The number of carbonyl (C=O) groups excluding carboxylic acids is 4. The normalized spacial score (nSPS) is 22.5. The number of thioether (sulfide) groups is 1. The summed E-state index contributed by atoms with van der Waals surface area (Å²) in [6.45, 7) is 10.9. The molecule has 3 rings (SSSR count). The average Bonchev–Trinajstić information content (AvgIpc) is 2.81. The first kappa shape index (κ1) is 30.2. The third kappa shape index (κ3) is 8.06. The number of hydrogen-bond donors (Lipinski definition) is 0. The van der Waals surface area contributed by atoms with Crippen molar-refractivity contribution in [1.82, 2.24) is 0 Å². The summed E-state index contributed by atoms with van der Waals surface area (Å²) in [5, 5.41) is 0. The topological polar surface area (TPSA) is 114 Å². The average molecular weight is 559 g/mol. The summed E-state index contributed by atoms with van der Waals surface area (Å²) < 4.78 is 28.6. The van der Waals surface area contributed by atoms with E-state index in [1.54, 1.807) is 0 Å². The fourth-order valence-electron chi connectivity index (χ4n) is 4.53. The second-order valence-corrected chi connectivity index (χ2v) is 10.7. The molecule has 0 amide bonds. The molecule has 1 aliphatic rings. The molecule has 1 fully saturated rings. The molecule has 1 aliphatic heterocycles. The zero-order valence-electron chi connectivity index (χ0n) is 23.1. The number of esters is 4. The van der Waals surface area contributed by atoms with Gasteiger partial charge < -0.3 is 23.7 Å². The first-order valence-electron chi connectivity index (χ1n) is 12.5. The van der Waals surface area contributed by atoms with Crippen LogP contribution in [0.15, 0.2) is 41.3 Å². The second kappa shape index (κ2) is 13.1. The molecule has 9 nitrogen and oxygen atoms in total. The van der Waals surface area contributed by atoms with Gasteiger partial charge in [0.25, 0.3) is 0 Å². The van der Waals surface area contributed by atoms with E-state index in [1.807, 2.05) is 64.1 Å². The van der Waals surface area contributed by atoms with Crippen molar-refractivity contribution in [3.63, 3.8) is 0 Å². The van der Waals surface area contributed by atoms with Crippen LogP contribution in [-0.2, 0) is 38.1 Å². The molecule has 5 atom stereocenters. The van der Waals surface area contributed by atoms with Crippen LogP contribution in [0.4, 0.5) is 0 Å². The largest absolute Gasteiger partial charge is 0.463 e. The molecule has 2 aromatic carbocycles. The van der Waals surface area contributed by atoms with Crippen molar-refractivity contribution in [3.8, 4) is 0 Å². The Morgan fingerprint density at radius 2 is 1.31 bits per heavy atom. The lowest BCUT2D eigenvalue weighted by Crippen LogP contribution is -2.61. The lowest BCUT2D eigenvalue weighted by molar-refractivity contribution is -0.231. The molecule has 0 N–H and O–H groups in total. The number of aryl methyl sites for hydroxylation is 4. The van der Waals surface area contributed by atoms with Crippen molar-refractivity contribution >= 4 is 35.6 Å². The molecule has 0 saturated carbocycles. The molecule has 39 heavy (non-hydrogen) atoms. The minimum absolute atomic E-state index is 0.271. The van der Waals surface area contributed by atoms with Crippen LogP contribution < -0.4 is 0 Å². The molecular weight excluding hydrogens is 524 g/mol. The van der Waals surface area contributed by atoms with Crippen LogP contribution in [-0.4, -0.2) is 60.3 Å². The monoisotopic (exact) mass is 558 g/mol. The van der Waals surface area contributed by atoms with Gasteiger partial charge in [-0.3, -0.25) is 14.4 Å². The molecule has 0 unspecified atom stereocenters. The van der Waals surface area contributed by atoms with Crippen LogP contribution in [0, 0.1) is 27.7 Å². The summed E-state index contributed by atoms with van der Waals surface area (Å²) >= 11 is 1.25. The van der Waals surface area contributed by atoms with Crippen LogP contribution in [0.2, 0.25) is 0 Å². The molecule has 0 bridgehead atoms. The van der Waals surface area contributed by atoms with E-state index < -0.39 is 53.7 Å². The fourth-order valence-corrected chi connectivity index (χ4v) is 5.63. The lowest BCUT2D eigenvalue weighted by atomic mass is 9.98. The van der Waals surface area contributed by atoms with Crippen molar-refractivity contribution in [1.29, 1.82) is 0 Å². The highest BCUT2D eigenvalue weighted by atomic mass is 32.2. The molecule has 10 heteroatoms. The highest BCUT2D eigenvalue weighted by Gasteiger charge is 2.52. The Balaban J connectivity index is 2.07. The van der Waals surface area contributed by atoms with Gasteiger partial charge in [0.2, 0.25) is 0 Å². The van der Waals surface area contributed by atoms with Crippen LogP contribution in [0.5, 0.6) is 0 Å². The Morgan fingerprint density at radius 1 is 0.744 bits per heavy atom. The van der Waals surface area contributed by atoms with Crippen LogP contribution in [0.3, 0.4) is 0 Å². The molecular formula is C29H34O9S. The number of hydrogen-bond acceptors (Lipinski definition) is 10. The maximum atomic E-state index is 13.6. The highest BCUT2D eigenvalue weighted by Crippen LogP contribution is 2.38. The van der Waals surface area contributed by atoms with E-state index >= 15 is 0 Å². The van der Waals surface area contributed by atoms with Gasteiger partial charge in [-0.15, -0.1) is 0 Å².